The lowest BCUT2D eigenvalue weighted by molar-refractivity contribution is -0.383. The average molecular weight is 439 g/mol. The summed E-state index contributed by atoms with van der Waals surface area (Å²) in [5.41, 5.74) is -1.06. The first-order valence-electron chi connectivity index (χ1n) is 9.56. The number of alkyl halides is 3. The third-order valence-electron chi connectivity index (χ3n) is 4.80. The number of rotatable bonds is 6. The second-order valence-corrected chi connectivity index (χ2v) is 6.89. The molecule has 1 unspecified atom stereocenters. The van der Waals surface area contributed by atoms with Crippen LogP contribution in [0, 0.1) is 16.0 Å². The molecular weight excluding hydrogens is 419 g/mol. The van der Waals surface area contributed by atoms with Gasteiger partial charge in [-0.2, -0.15) is 13.2 Å². The first-order chi connectivity index (χ1) is 14.7. The van der Waals surface area contributed by atoms with Crippen molar-refractivity contribution in [3.8, 4) is 0 Å². The number of nitro groups is 1. The summed E-state index contributed by atoms with van der Waals surface area (Å²) in [6, 6.07) is 4.05. The molecule has 0 saturated carbocycles. The fourth-order valence-corrected chi connectivity index (χ4v) is 3.36. The van der Waals surface area contributed by atoms with E-state index in [4.69, 9.17) is 4.74 Å². The number of aromatic nitrogens is 2. The monoisotopic (exact) mass is 439 g/mol. The van der Waals surface area contributed by atoms with Crippen molar-refractivity contribution >= 4 is 29.0 Å². The maximum absolute atomic E-state index is 12.7. The summed E-state index contributed by atoms with van der Waals surface area (Å²) >= 11 is 0. The summed E-state index contributed by atoms with van der Waals surface area (Å²) in [4.78, 5) is 32.8. The van der Waals surface area contributed by atoms with Crippen LogP contribution in [0.15, 0.2) is 30.6 Å². The number of halogens is 3. The molecule has 1 aliphatic rings. The van der Waals surface area contributed by atoms with Crippen LogP contribution < -0.4 is 10.2 Å². The van der Waals surface area contributed by atoms with Gasteiger partial charge in [-0.1, -0.05) is 0 Å². The molecule has 0 spiro atoms. The van der Waals surface area contributed by atoms with E-state index >= 15 is 0 Å². The number of piperidine rings is 1. The zero-order valence-corrected chi connectivity index (χ0v) is 16.6. The number of anilines is 3. The van der Waals surface area contributed by atoms with Crippen LogP contribution in [0.1, 0.15) is 25.3 Å². The van der Waals surface area contributed by atoms with Crippen molar-refractivity contribution in [2.75, 3.05) is 29.9 Å². The number of benzene rings is 1. The quantitative estimate of drug-likeness (QED) is 0.410. The van der Waals surface area contributed by atoms with Crippen LogP contribution in [0.3, 0.4) is 0 Å². The van der Waals surface area contributed by atoms with Crippen LogP contribution in [0.25, 0.3) is 0 Å². The lowest BCUT2D eigenvalue weighted by Gasteiger charge is -2.32. The van der Waals surface area contributed by atoms with E-state index in [1.54, 1.807) is 11.8 Å². The molecule has 1 N–H and O–H groups in total. The van der Waals surface area contributed by atoms with Crippen LogP contribution in [0.2, 0.25) is 0 Å². The molecule has 0 aliphatic carbocycles. The molecule has 1 aromatic heterocycles. The Morgan fingerprint density at radius 1 is 1.32 bits per heavy atom. The molecular formula is C19H20F3N5O4. The molecule has 12 heteroatoms. The van der Waals surface area contributed by atoms with Gasteiger partial charge in [0.2, 0.25) is 11.6 Å². The molecule has 166 valence electrons. The molecule has 9 nitrogen and oxygen atoms in total. The Morgan fingerprint density at radius 3 is 2.65 bits per heavy atom. The van der Waals surface area contributed by atoms with Crippen LogP contribution >= 0.6 is 0 Å². The summed E-state index contributed by atoms with van der Waals surface area (Å²) in [6.07, 6.45) is -2.14. The van der Waals surface area contributed by atoms with Crippen LogP contribution in [0.5, 0.6) is 0 Å². The van der Waals surface area contributed by atoms with E-state index in [9.17, 15) is 28.1 Å². The number of carbonyl (C=O) groups excluding carboxylic acids is 1. The molecule has 31 heavy (non-hydrogen) atoms. The Bertz CT molecular complexity index is 953. The summed E-state index contributed by atoms with van der Waals surface area (Å²) in [6.45, 7) is 2.60. The number of nitrogens with zero attached hydrogens (tertiary/aromatic N) is 4. The van der Waals surface area contributed by atoms with Gasteiger partial charge in [-0.15, -0.1) is 0 Å². The van der Waals surface area contributed by atoms with Crippen molar-refractivity contribution in [1.29, 1.82) is 0 Å². The number of hydrogen-bond acceptors (Lipinski definition) is 8. The fraction of sp³-hybridized carbons (Fsp3) is 0.421. The molecule has 1 aliphatic heterocycles. The van der Waals surface area contributed by atoms with Gasteiger partial charge in [-0.25, -0.2) is 9.97 Å². The van der Waals surface area contributed by atoms with Crippen LogP contribution in [0.4, 0.5) is 36.2 Å². The minimum Gasteiger partial charge on any atom is -0.466 e. The Balaban J connectivity index is 1.87. The molecule has 2 heterocycles. The molecule has 2 aromatic rings. The van der Waals surface area contributed by atoms with E-state index in [0.717, 1.165) is 30.6 Å². The smallest absolute Gasteiger partial charge is 0.416 e. The van der Waals surface area contributed by atoms with Crippen molar-refractivity contribution in [2.24, 2.45) is 5.92 Å². The minimum atomic E-state index is -4.49. The van der Waals surface area contributed by atoms with Crippen molar-refractivity contribution in [1.82, 2.24) is 9.97 Å². The van der Waals surface area contributed by atoms with E-state index in [-0.39, 0.29) is 36.4 Å². The molecule has 0 amide bonds. The van der Waals surface area contributed by atoms with Gasteiger partial charge in [0.05, 0.1) is 23.0 Å². The van der Waals surface area contributed by atoms with Crippen molar-refractivity contribution in [3.05, 3.63) is 46.3 Å². The maximum Gasteiger partial charge on any atom is 0.416 e. The second-order valence-electron chi connectivity index (χ2n) is 6.89. The standard InChI is InChI=1S/C19H20F3N5O4/c1-2-31-18(28)12-4-3-9-26(10-12)17-15(27(29)30)16(23-11-24-17)25-14-7-5-13(6-8-14)19(20,21)22/h5-8,11-12H,2-4,9-10H2,1H3,(H,23,24,25). The molecule has 1 fully saturated rings. The van der Waals surface area contributed by atoms with E-state index in [0.29, 0.717) is 19.4 Å². The van der Waals surface area contributed by atoms with Gasteiger partial charge in [0.15, 0.2) is 0 Å². The average Bonchev–Trinajstić information content (AvgIpc) is 2.73. The van der Waals surface area contributed by atoms with Crippen LogP contribution in [-0.4, -0.2) is 40.6 Å². The first-order valence-corrected chi connectivity index (χ1v) is 9.56. The van der Waals surface area contributed by atoms with Crippen molar-refractivity contribution in [2.45, 2.75) is 25.9 Å². The summed E-state index contributed by atoms with van der Waals surface area (Å²) in [7, 11) is 0. The highest BCUT2D eigenvalue weighted by Gasteiger charge is 2.33. The first kappa shape index (κ1) is 22.2. The second kappa shape index (κ2) is 9.14. The summed E-state index contributed by atoms with van der Waals surface area (Å²) in [5, 5.41) is 14.5. The molecule has 3 rings (SSSR count). The van der Waals surface area contributed by atoms with Crippen molar-refractivity contribution in [3.63, 3.8) is 0 Å². The molecule has 1 aromatic carbocycles. The molecule has 1 saturated heterocycles. The maximum atomic E-state index is 12.7. The zero-order chi connectivity index (χ0) is 22.6. The van der Waals surface area contributed by atoms with Crippen molar-refractivity contribution < 1.29 is 27.6 Å². The van der Waals surface area contributed by atoms with Gasteiger partial charge < -0.3 is 15.0 Å². The zero-order valence-electron chi connectivity index (χ0n) is 16.6. The third-order valence-corrected chi connectivity index (χ3v) is 4.80. The number of nitrogens with one attached hydrogen (secondary N) is 1. The number of esters is 1. The van der Waals surface area contributed by atoms with Gasteiger partial charge in [0, 0.05) is 18.8 Å². The lowest BCUT2D eigenvalue weighted by atomic mass is 9.98. The number of hydrogen-bond donors (Lipinski definition) is 1. The van der Waals surface area contributed by atoms with Gasteiger partial charge in [0.1, 0.15) is 6.33 Å². The predicted molar refractivity (Wildman–Crippen MR) is 105 cm³/mol. The van der Waals surface area contributed by atoms with E-state index < -0.39 is 28.3 Å². The Hall–Kier alpha value is -3.44. The molecule has 0 bridgehead atoms. The minimum absolute atomic E-state index is 0.0309. The topological polar surface area (TPSA) is 110 Å². The molecule has 1 atom stereocenters. The highest BCUT2D eigenvalue weighted by atomic mass is 19.4. The van der Waals surface area contributed by atoms with Gasteiger partial charge in [0.25, 0.3) is 0 Å². The van der Waals surface area contributed by atoms with Gasteiger partial charge in [-0.3, -0.25) is 14.9 Å². The summed E-state index contributed by atoms with van der Waals surface area (Å²) in [5.74, 6) is -0.932. The SMILES string of the molecule is CCOC(=O)C1CCCN(c2ncnc(Nc3ccc(C(F)(F)F)cc3)c2[N+](=O)[O-])C1. The van der Waals surface area contributed by atoms with Gasteiger partial charge >= 0.3 is 17.8 Å². The Morgan fingerprint density at radius 2 is 2.03 bits per heavy atom. The Labute approximate surface area is 175 Å². The van der Waals surface area contributed by atoms with E-state index in [2.05, 4.69) is 15.3 Å². The van der Waals surface area contributed by atoms with E-state index in [1.807, 2.05) is 0 Å². The number of carbonyl (C=O) groups is 1. The molecule has 0 radical (unpaired) electrons. The van der Waals surface area contributed by atoms with Crippen LogP contribution in [-0.2, 0) is 15.7 Å². The number of ether oxygens (including phenoxy) is 1. The fourth-order valence-electron chi connectivity index (χ4n) is 3.36. The lowest BCUT2D eigenvalue weighted by Crippen LogP contribution is -2.40. The Kier molecular flexibility index (Phi) is 6.56. The summed E-state index contributed by atoms with van der Waals surface area (Å²) < 4.78 is 43.3. The highest BCUT2D eigenvalue weighted by Crippen LogP contribution is 2.36. The largest absolute Gasteiger partial charge is 0.466 e. The normalized spacial score (nSPS) is 16.6. The highest BCUT2D eigenvalue weighted by molar-refractivity contribution is 5.77. The van der Waals surface area contributed by atoms with E-state index in [1.165, 1.54) is 0 Å². The third kappa shape index (κ3) is 5.19. The van der Waals surface area contributed by atoms with Gasteiger partial charge in [-0.05, 0) is 44.0 Å². The predicted octanol–water partition coefficient (Wildman–Crippen LogP) is 3.93.